The van der Waals surface area contributed by atoms with Gasteiger partial charge >= 0.3 is 0 Å². The fraction of sp³-hybridized carbons (Fsp3) is 0.833. The molecule has 1 saturated carbocycles. The second-order valence-electron chi connectivity index (χ2n) is 4.73. The highest BCUT2D eigenvalue weighted by Gasteiger charge is 2.32. The molecule has 1 rings (SSSR count). The molecule has 0 aromatic heterocycles. The minimum Gasteiger partial charge on any atom is -0.396 e. The quantitative estimate of drug-likeness (QED) is 0.651. The van der Waals surface area contributed by atoms with E-state index in [1.807, 2.05) is 0 Å². The number of hydrogen-bond acceptors (Lipinski definition) is 1. The van der Waals surface area contributed by atoms with Gasteiger partial charge < -0.3 is 5.11 Å². The normalized spacial score (nSPS) is 30.7. The topological polar surface area (TPSA) is 20.2 Å². The molecule has 3 unspecified atom stereocenters. The molecule has 0 saturated heterocycles. The van der Waals surface area contributed by atoms with Crippen molar-refractivity contribution < 1.29 is 5.11 Å². The molecule has 13 heavy (non-hydrogen) atoms. The second kappa shape index (κ2) is 4.28. The number of aliphatic hydroxyl groups excluding tert-OH is 1. The van der Waals surface area contributed by atoms with E-state index in [9.17, 15) is 5.11 Å². The Morgan fingerprint density at radius 2 is 2.15 bits per heavy atom. The van der Waals surface area contributed by atoms with Gasteiger partial charge in [-0.15, -0.1) is 0 Å². The van der Waals surface area contributed by atoms with E-state index in [2.05, 4.69) is 27.7 Å². The Morgan fingerprint density at radius 3 is 2.62 bits per heavy atom. The number of allylic oxidation sites excluding steroid dienone is 2. The minimum absolute atomic E-state index is 0.325. The molecule has 1 fully saturated rings. The van der Waals surface area contributed by atoms with Gasteiger partial charge in [-0.2, -0.15) is 0 Å². The van der Waals surface area contributed by atoms with E-state index < -0.39 is 0 Å². The van der Waals surface area contributed by atoms with E-state index in [0.717, 1.165) is 5.92 Å². The highest BCUT2D eigenvalue weighted by Crippen LogP contribution is 2.42. The van der Waals surface area contributed by atoms with Gasteiger partial charge in [0, 0.05) is 6.61 Å². The van der Waals surface area contributed by atoms with Crippen molar-refractivity contribution in [3.8, 4) is 0 Å². The smallest absolute Gasteiger partial charge is 0.0462 e. The highest BCUT2D eigenvalue weighted by molar-refractivity contribution is 5.19. The van der Waals surface area contributed by atoms with Crippen LogP contribution in [0.4, 0.5) is 0 Å². The summed E-state index contributed by atoms with van der Waals surface area (Å²) in [4.78, 5) is 0. The second-order valence-corrected chi connectivity index (χ2v) is 4.73. The van der Waals surface area contributed by atoms with E-state index in [1.165, 1.54) is 18.4 Å². The molecule has 1 heteroatoms. The lowest BCUT2D eigenvalue weighted by molar-refractivity contribution is 0.184. The fourth-order valence-electron chi connectivity index (χ4n) is 2.67. The Labute approximate surface area is 81.9 Å². The van der Waals surface area contributed by atoms with Gasteiger partial charge in [0.05, 0.1) is 0 Å². The maximum absolute atomic E-state index is 9.19. The van der Waals surface area contributed by atoms with Gasteiger partial charge in [-0.25, -0.2) is 0 Å². The van der Waals surface area contributed by atoms with Crippen LogP contribution >= 0.6 is 0 Å². The lowest BCUT2D eigenvalue weighted by Gasteiger charge is -2.24. The van der Waals surface area contributed by atoms with Crippen LogP contribution in [0, 0.1) is 17.8 Å². The first-order chi connectivity index (χ1) is 6.07. The van der Waals surface area contributed by atoms with Gasteiger partial charge in [-0.1, -0.05) is 25.0 Å². The van der Waals surface area contributed by atoms with Gasteiger partial charge in [0.2, 0.25) is 0 Å². The van der Waals surface area contributed by atoms with Gasteiger partial charge in [0.15, 0.2) is 0 Å². The van der Waals surface area contributed by atoms with Crippen molar-refractivity contribution in [2.45, 2.75) is 40.5 Å². The van der Waals surface area contributed by atoms with E-state index in [4.69, 9.17) is 0 Å². The first-order valence-corrected chi connectivity index (χ1v) is 5.35. The standard InChI is InChI=1S/C12H22O/c1-8(2)11-6-5-9(3)12(11)10(4)7-13/h9-10,12-13H,5-7H2,1-4H3. The Balaban J connectivity index is 2.84. The molecule has 76 valence electrons. The lowest BCUT2D eigenvalue weighted by atomic mass is 9.82. The zero-order chi connectivity index (χ0) is 10.0. The van der Waals surface area contributed by atoms with Crippen LogP contribution in [-0.4, -0.2) is 11.7 Å². The van der Waals surface area contributed by atoms with Crippen LogP contribution in [0.15, 0.2) is 11.1 Å². The van der Waals surface area contributed by atoms with Crippen molar-refractivity contribution in [2.75, 3.05) is 6.61 Å². The third-order valence-electron chi connectivity index (χ3n) is 3.43. The van der Waals surface area contributed by atoms with Crippen LogP contribution in [0.5, 0.6) is 0 Å². The van der Waals surface area contributed by atoms with Crippen molar-refractivity contribution >= 4 is 0 Å². The zero-order valence-corrected chi connectivity index (χ0v) is 9.30. The molecule has 0 aromatic rings. The summed E-state index contributed by atoms with van der Waals surface area (Å²) in [6.07, 6.45) is 2.55. The molecular formula is C12H22O. The molecule has 0 amide bonds. The van der Waals surface area contributed by atoms with Crippen molar-refractivity contribution in [1.82, 2.24) is 0 Å². The third-order valence-corrected chi connectivity index (χ3v) is 3.43. The summed E-state index contributed by atoms with van der Waals surface area (Å²) in [6.45, 7) is 9.20. The van der Waals surface area contributed by atoms with Crippen LogP contribution in [0.1, 0.15) is 40.5 Å². The summed E-state index contributed by atoms with van der Waals surface area (Å²) in [5.41, 5.74) is 3.07. The molecular weight excluding hydrogens is 160 g/mol. The average molecular weight is 182 g/mol. The molecule has 0 heterocycles. The maximum Gasteiger partial charge on any atom is 0.0462 e. The summed E-state index contributed by atoms with van der Waals surface area (Å²) < 4.78 is 0. The maximum atomic E-state index is 9.19. The van der Waals surface area contributed by atoms with Gasteiger partial charge in [0.25, 0.3) is 0 Å². The van der Waals surface area contributed by atoms with Crippen LogP contribution < -0.4 is 0 Å². The summed E-state index contributed by atoms with van der Waals surface area (Å²) in [5.74, 6) is 1.82. The molecule has 0 spiro atoms. The molecule has 0 radical (unpaired) electrons. The SMILES string of the molecule is CC(C)=C1CCC(C)C1C(C)CO. The lowest BCUT2D eigenvalue weighted by Crippen LogP contribution is -2.19. The predicted octanol–water partition coefficient (Wildman–Crippen LogP) is 3.00. The van der Waals surface area contributed by atoms with Crippen molar-refractivity contribution in [2.24, 2.45) is 17.8 Å². The molecule has 0 aromatic carbocycles. The predicted molar refractivity (Wildman–Crippen MR) is 56.5 cm³/mol. The Bertz CT molecular complexity index is 201. The van der Waals surface area contributed by atoms with Gasteiger partial charge in [0.1, 0.15) is 0 Å². The van der Waals surface area contributed by atoms with Gasteiger partial charge in [-0.3, -0.25) is 0 Å². The van der Waals surface area contributed by atoms with Gasteiger partial charge in [-0.05, 0) is 44.4 Å². The summed E-state index contributed by atoms with van der Waals surface area (Å²) in [7, 11) is 0. The third kappa shape index (κ3) is 2.14. The Kier molecular flexibility index (Phi) is 3.55. The Morgan fingerprint density at radius 1 is 1.54 bits per heavy atom. The molecule has 1 aliphatic carbocycles. The summed E-state index contributed by atoms with van der Waals surface area (Å²) in [5, 5.41) is 9.19. The highest BCUT2D eigenvalue weighted by atomic mass is 16.3. The number of aliphatic hydroxyl groups is 1. The van der Waals surface area contributed by atoms with E-state index in [-0.39, 0.29) is 0 Å². The summed E-state index contributed by atoms with van der Waals surface area (Å²) >= 11 is 0. The van der Waals surface area contributed by atoms with E-state index in [1.54, 1.807) is 5.57 Å². The van der Waals surface area contributed by atoms with E-state index in [0.29, 0.717) is 18.4 Å². The van der Waals surface area contributed by atoms with Crippen LogP contribution in [0.25, 0.3) is 0 Å². The zero-order valence-electron chi connectivity index (χ0n) is 9.30. The fourth-order valence-corrected chi connectivity index (χ4v) is 2.67. The molecule has 0 bridgehead atoms. The molecule has 3 atom stereocenters. The average Bonchev–Trinajstić information content (AvgIpc) is 2.46. The van der Waals surface area contributed by atoms with Crippen LogP contribution in [0.2, 0.25) is 0 Å². The van der Waals surface area contributed by atoms with Crippen LogP contribution in [0.3, 0.4) is 0 Å². The first-order valence-electron chi connectivity index (χ1n) is 5.35. The largest absolute Gasteiger partial charge is 0.396 e. The monoisotopic (exact) mass is 182 g/mol. The van der Waals surface area contributed by atoms with Crippen molar-refractivity contribution in [1.29, 1.82) is 0 Å². The van der Waals surface area contributed by atoms with Crippen LogP contribution in [-0.2, 0) is 0 Å². The van der Waals surface area contributed by atoms with Crippen molar-refractivity contribution in [3.63, 3.8) is 0 Å². The minimum atomic E-state index is 0.325. The molecule has 0 aliphatic heterocycles. The first kappa shape index (κ1) is 10.8. The number of hydrogen-bond donors (Lipinski definition) is 1. The molecule has 1 N–H and O–H groups in total. The molecule has 1 nitrogen and oxygen atoms in total. The van der Waals surface area contributed by atoms with E-state index >= 15 is 0 Å². The molecule has 1 aliphatic rings. The van der Waals surface area contributed by atoms with Crippen molar-refractivity contribution in [3.05, 3.63) is 11.1 Å². The Hall–Kier alpha value is -0.300. The summed E-state index contributed by atoms with van der Waals surface area (Å²) in [6, 6.07) is 0. The number of rotatable bonds is 2.